The molecular weight excluding hydrogens is 390 g/mol. The Morgan fingerprint density at radius 3 is 2.13 bits per heavy atom. The average molecular weight is 412 g/mol. The zero-order valence-electron chi connectivity index (χ0n) is 16.7. The van der Waals surface area contributed by atoms with E-state index in [1.165, 1.54) is 5.56 Å². The number of fused-ring (bicyclic) bond motifs is 1. The van der Waals surface area contributed by atoms with Crippen LogP contribution in [0.4, 0.5) is 11.6 Å². The van der Waals surface area contributed by atoms with Crippen molar-refractivity contribution in [1.82, 2.24) is 4.57 Å². The third-order valence-corrected chi connectivity index (χ3v) is 5.92. The number of hydrogen-bond acceptors (Lipinski definition) is 3. The summed E-state index contributed by atoms with van der Waals surface area (Å²) >= 11 is 5.94. The van der Waals surface area contributed by atoms with Gasteiger partial charge in [-0.3, -0.25) is 4.79 Å². The molecule has 0 atom stereocenters. The molecule has 0 bridgehead atoms. The van der Waals surface area contributed by atoms with Crippen LogP contribution in [0.15, 0.2) is 94.7 Å². The van der Waals surface area contributed by atoms with Crippen molar-refractivity contribution in [3.05, 3.63) is 101 Å². The monoisotopic (exact) mass is 411 g/mol. The molecule has 5 heteroatoms. The molecule has 5 rings (SSSR count). The van der Waals surface area contributed by atoms with Gasteiger partial charge < -0.3 is 12.6 Å². The maximum atomic E-state index is 13.6. The van der Waals surface area contributed by atoms with Crippen molar-refractivity contribution in [1.29, 1.82) is 0 Å². The Kier molecular flexibility index (Phi) is 4.60. The second-order valence-corrected chi connectivity index (χ2v) is 7.85. The van der Waals surface area contributed by atoms with Gasteiger partial charge in [-0.2, -0.15) is 4.57 Å². The molecule has 148 valence electrons. The maximum absolute atomic E-state index is 13.6. The second kappa shape index (κ2) is 7.43. The van der Waals surface area contributed by atoms with E-state index in [0.29, 0.717) is 17.1 Å². The molecule has 0 unspecified atom stereocenters. The lowest BCUT2D eigenvalue weighted by molar-refractivity contribution is -0.625. The third kappa shape index (κ3) is 2.99. The Morgan fingerprint density at radius 1 is 0.833 bits per heavy atom. The van der Waals surface area contributed by atoms with Gasteiger partial charge in [0.25, 0.3) is 0 Å². The summed E-state index contributed by atoms with van der Waals surface area (Å²) in [4.78, 5) is 15.7. The smallest absolute Gasteiger partial charge is 0.371 e. The van der Waals surface area contributed by atoms with Gasteiger partial charge in [0, 0.05) is 0 Å². The number of rotatable bonds is 3. The van der Waals surface area contributed by atoms with Crippen molar-refractivity contribution >= 4 is 24.3 Å². The molecule has 0 radical (unpaired) electrons. The summed E-state index contributed by atoms with van der Waals surface area (Å²) in [7, 11) is 0. The summed E-state index contributed by atoms with van der Waals surface area (Å²) in [6, 6.07) is 28.1. The van der Waals surface area contributed by atoms with Gasteiger partial charge in [0.05, 0.1) is 5.56 Å². The molecule has 1 aliphatic heterocycles. The number of nitrogens with zero attached hydrogens (tertiary/aromatic N) is 3. The van der Waals surface area contributed by atoms with Crippen molar-refractivity contribution in [3.8, 4) is 16.8 Å². The van der Waals surface area contributed by atoms with Gasteiger partial charge in [0.2, 0.25) is 0 Å². The van der Waals surface area contributed by atoms with E-state index in [1.54, 1.807) is 0 Å². The van der Waals surface area contributed by atoms with Crippen LogP contribution in [0.3, 0.4) is 0 Å². The highest BCUT2D eigenvalue weighted by molar-refractivity contribution is 7.58. The highest BCUT2D eigenvalue weighted by Crippen LogP contribution is 2.30. The molecular formula is C25H21N3OS. The fourth-order valence-corrected chi connectivity index (χ4v) is 4.43. The normalized spacial score (nSPS) is 12.8. The number of para-hydroxylation sites is 1. The molecule has 2 heterocycles. The summed E-state index contributed by atoms with van der Waals surface area (Å²) in [5.74, 6) is 0.805. The van der Waals surface area contributed by atoms with Crippen LogP contribution in [0, 0.1) is 6.92 Å². The van der Waals surface area contributed by atoms with Crippen molar-refractivity contribution in [2.75, 3.05) is 11.4 Å². The lowest BCUT2D eigenvalue weighted by Gasteiger charge is -2.23. The van der Waals surface area contributed by atoms with Gasteiger partial charge in [-0.05, 0) is 41.8 Å². The van der Waals surface area contributed by atoms with E-state index >= 15 is 0 Å². The average Bonchev–Trinajstić information content (AvgIpc) is 3.22. The van der Waals surface area contributed by atoms with Crippen molar-refractivity contribution in [3.63, 3.8) is 0 Å². The molecule has 4 aromatic rings. The topological polar surface area (TPSA) is 29.1 Å². The van der Waals surface area contributed by atoms with Gasteiger partial charge >= 0.3 is 11.5 Å². The first-order valence-corrected chi connectivity index (χ1v) is 10.4. The molecule has 0 saturated carbocycles. The van der Waals surface area contributed by atoms with Gasteiger partial charge in [-0.15, -0.1) is 0 Å². The first kappa shape index (κ1) is 18.6. The molecule has 1 aliphatic rings. The summed E-state index contributed by atoms with van der Waals surface area (Å²) in [6.07, 6.45) is 0. The van der Waals surface area contributed by atoms with Crippen molar-refractivity contribution < 1.29 is 4.57 Å². The van der Waals surface area contributed by atoms with E-state index in [-0.39, 0.29) is 5.56 Å². The molecule has 0 aliphatic carbocycles. The highest BCUT2D eigenvalue weighted by atomic mass is 32.1. The largest absolute Gasteiger partial charge is 0.744 e. The lowest BCUT2D eigenvalue weighted by atomic mass is 10.1. The fourth-order valence-electron chi connectivity index (χ4n) is 4.04. The number of aromatic nitrogens is 2. The summed E-state index contributed by atoms with van der Waals surface area (Å²) < 4.78 is 3.89. The molecule has 0 fully saturated rings. The quantitative estimate of drug-likeness (QED) is 0.288. The Hall–Kier alpha value is -3.44. The van der Waals surface area contributed by atoms with Crippen molar-refractivity contribution in [2.45, 2.75) is 18.5 Å². The third-order valence-electron chi connectivity index (χ3n) is 5.53. The summed E-state index contributed by atoms with van der Waals surface area (Å²) in [5.41, 5.74) is 4.56. The minimum atomic E-state index is -0.0389. The first-order valence-electron chi connectivity index (χ1n) is 10.00. The lowest BCUT2D eigenvalue weighted by Crippen LogP contribution is -2.45. The van der Waals surface area contributed by atoms with Crippen LogP contribution < -0.4 is 15.0 Å². The van der Waals surface area contributed by atoms with Gasteiger partial charge in [0.1, 0.15) is 24.5 Å². The fraction of sp³-hybridized carbons (Fsp3) is 0.120. The van der Waals surface area contributed by atoms with Crippen LogP contribution >= 0.6 is 0 Å². The Bertz CT molecular complexity index is 1270. The molecule has 0 amide bonds. The molecule has 1 aromatic heterocycles. The van der Waals surface area contributed by atoms with Gasteiger partial charge in [-0.1, -0.05) is 66.2 Å². The van der Waals surface area contributed by atoms with Crippen LogP contribution in [-0.4, -0.2) is 11.1 Å². The summed E-state index contributed by atoms with van der Waals surface area (Å²) in [6.45, 7) is 3.40. The minimum absolute atomic E-state index is 0.0389. The molecule has 4 nitrogen and oxygen atoms in total. The second-order valence-electron chi connectivity index (χ2n) is 7.46. The Labute approximate surface area is 181 Å². The summed E-state index contributed by atoms with van der Waals surface area (Å²) in [5, 5.41) is 0.532. The first-order chi connectivity index (χ1) is 14.6. The standard InChI is InChI=1S/C25H21N3OS/c1-18-12-14-21(15-13-18)28-24(30)22(19-8-4-2-5-9-19)23(29)27-17-16-26(25(27)28)20-10-6-3-7-11-20/h2-15H,16-17H2,1H3. The molecule has 0 spiro atoms. The number of hydrogen-bond donors (Lipinski definition) is 0. The van der Waals surface area contributed by atoms with E-state index < -0.39 is 0 Å². The van der Waals surface area contributed by atoms with Crippen LogP contribution in [-0.2, 0) is 19.2 Å². The molecule has 30 heavy (non-hydrogen) atoms. The Morgan fingerprint density at radius 2 is 1.47 bits per heavy atom. The van der Waals surface area contributed by atoms with E-state index in [9.17, 15) is 4.79 Å². The van der Waals surface area contributed by atoms with Crippen LogP contribution in [0.5, 0.6) is 0 Å². The minimum Gasteiger partial charge on any atom is -0.744 e. The van der Waals surface area contributed by atoms with E-state index in [1.807, 2.05) is 57.7 Å². The van der Waals surface area contributed by atoms with E-state index in [0.717, 1.165) is 29.4 Å². The number of benzene rings is 3. The Balaban J connectivity index is 1.84. The number of anilines is 2. The SMILES string of the molecule is Cc1ccc(-[n+]2c([S-])c(-c3ccccc3)c(=O)n3c2N(c2ccccc2)CC3)cc1. The predicted octanol–water partition coefficient (Wildman–Crippen LogP) is 4.16. The molecule has 0 saturated heterocycles. The van der Waals surface area contributed by atoms with Crippen LogP contribution in [0.25, 0.3) is 16.8 Å². The maximum Gasteiger partial charge on any atom is 0.371 e. The predicted molar refractivity (Wildman–Crippen MR) is 121 cm³/mol. The highest BCUT2D eigenvalue weighted by Gasteiger charge is 2.36. The molecule has 3 aromatic carbocycles. The molecule has 0 N–H and O–H groups in total. The van der Waals surface area contributed by atoms with Crippen LogP contribution in [0.2, 0.25) is 0 Å². The van der Waals surface area contributed by atoms with E-state index in [4.69, 9.17) is 12.6 Å². The zero-order valence-corrected chi connectivity index (χ0v) is 17.5. The van der Waals surface area contributed by atoms with Crippen molar-refractivity contribution in [2.24, 2.45) is 0 Å². The zero-order chi connectivity index (χ0) is 20.7. The van der Waals surface area contributed by atoms with Gasteiger partial charge in [0.15, 0.2) is 0 Å². The number of aryl methyl sites for hydroxylation is 1. The van der Waals surface area contributed by atoms with Crippen LogP contribution in [0.1, 0.15) is 5.56 Å². The van der Waals surface area contributed by atoms with Gasteiger partial charge in [-0.25, -0.2) is 9.47 Å². The van der Waals surface area contributed by atoms with E-state index in [2.05, 4.69) is 48.2 Å².